The lowest BCUT2D eigenvalue weighted by atomic mass is 9.97. The average molecular weight is 169 g/mol. The zero-order valence-corrected chi connectivity index (χ0v) is 7.06. The minimum atomic E-state index is -0.472. The SMILES string of the molecule is [B]C1CN(C(C)=O)CC(CO)O1. The topological polar surface area (TPSA) is 49.8 Å². The van der Waals surface area contributed by atoms with Gasteiger partial charge in [0.05, 0.1) is 12.7 Å². The molecule has 1 amide bonds. The maximum Gasteiger partial charge on any atom is 0.219 e. The zero-order valence-electron chi connectivity index (χ0n) is 7.06. The molecule has 1 N–H and O–H groups in total. The van der Waals surface area contributed by atoms with E-state index in [4.69, 9.17) is 17.7 Å². The van der Waals surface area contributed by atoms with E-state index in [1.807, 2.05) is 0 Å². The van der Waals surface area contributed by atoms with Crippen LogP contribution in [0.5, 0.6) is 0 Å². The van der Waals surface area contributed by atoms with Gasteiger partial charge in [-0.3, -0.25) is 4.79 Å². The third-order valence-electron chi connectivity index (χ3n) is 1.84. The predicted molar refractivity (Wildman–Crippen MR) is 43.8 cm³/mol. The highest BCUT2D eigenvalue weighted by atomic mass is 16.5. The van der Waals surface area contributed by atoms with Crippen molar-refractivity contribution in [1.29, 1.82) is 0 Å². The average Bonchev–Trinajstić information content (AvgIpc) is 2.03. The fourth-order valence-electron chi connectivity index (χ4n) is 1.23. The van der Waals surface area contributed by atoms with Crippen LogP contribution in [0.15, 0.2) is 0 Å². The van der Waals surface area contributed by atoms with Gasteiger partial charge in [-0.05, 0) is 0 Å². The van der Waals surface area contributed by atoms with Gasteiger partial charge in [-0.25, -0.2) is 0 Å². The van der Waals surface area contributed by atoms with Crippen molar-refractivity contribution < 1.29 is 14.6 Å². The van der Waals surface area contributed by atoms with Crippen LogP contribution in [-0.4, -0.2) is 55.6 Å². The molecule has 2 radical (unpaired) electrons. The Bertz CT molecular complexity index is 176. The summed E-state index contributed by atoms with van der Waals surface area (Å²) in [6.45, 7) is 2.22. The first-order chi connectivity index (χ1) is 5.63. The third-order valence-corrected chi connectivity index (χ3v) is 1.84. The molecule has 0 saturated carbocycles. The van der Waals surface area contributed by atoms with Crippen molar-refractivity contribution >= 4 is 13.8 Å². The van der Waals surface area contributed by atoms with Gasteiger partial charge in [0.1, 0.15) is 7.85 Å². The van der Waals surface area contributed by atoms with Crippen LogP contribution in [0.25, 0.3) is 0 Å². The molecule has 0 aromatic carbocycles. The lowest BCUT2D eigenvalue weighted by Crippen LogP contribution is -2.50. The van der Waals surface area contributed by atoms with Crippen LogP contribution >= 0.6 is 0 Å². The van der Waals surface area contributed by atoms with Gasteiger partial charge in [-0.15, -0.1) is 0 Å². The largest absolute Gasteiger partial charge is 0.394 e. The van der Waals surface area contributed by atoms with Crippen LogP contribution in [0, 0.1) is 0 Å². The maximum absolute atomic E-state index is 10.9. The highest BCUT2D eigenvalue weighted by Gasteiger charge is 2.25. The van der Waals surface area contributed by atoms with Crippen molar-refractivity contribution in [1.82, 2.24) is 4.90 Å². The zero-order chi connectivity index (χ0) is 9.14. The molecule has 1 aliphatic heterocycles. The molecule has 0 aliphatic carbocycles. The molecular formula is C7H12BNO3. The van der Waals surface area contributed by atoms with Gasteiger partial charge in [0.25, 0.3) is 0 Å². The summed E-state index contributed by atoms with van der Waals surface area (Å²) in [6, 6.07) is -0.472. The van der Waals surface area contributed by atoms with Crippen LogP contribution in [-0.2, 0) is 9.53 Å². The van der Waals surface area contributed by atoms with Gasteiger partial charge in [-0.2, -0.15) is 0 Å². The first-order valence-corrected chi connectivity index (χ1v) is 3.91. The second kappa shape index (κ2) is 3.91. The van der Waals surface area contributed by atoms with Gasteiger partial charge in [-0.1, -0.05) is 0 Å². The number of aliphatic hydroxyl groups is 1. The highest BCUT2D eigenvalue weighted by Crippen LogP contribution is 2.08. The lowest BCUT2D eigenvalue weighted by Gasteiger charge is -2.35. The molecule has 66 valence electrons. The Morgan fingerprint density at radius 2 is 2.42 bits per heavy atom. The molecule has 1 fully saturated rings. The van der Waals surface area contributed by atoms with Crippen LogP contribution in [0.2, 0.25) is 0 Å². The van der Waals surface area contributed by atoms with E-state index < -0.39 is 6.00 Å². The van der Waals surface area contributed by atoms with Crippen LogP contribution in [0.1, 0.15) is 6.92 Å². The summed E-state index contributed by atoms with van der Waals surface area (Å²) in [4.78, 5) is 12.5. The molecule has 12 heavy (non-hydrogen) atoms. The molecule has 1 heterocycles. The van der Waals surface area contributed by atoms with E-state index in [1.54, 1.807) is 4.90 Å². The van der Waals surface area contributed by atoms with Crippen molar-refractivity contribution in [3.8, 4) is 0 Å². The Morgan fingerprint density at radius 3 is 2.92 bits per heavy atom. The Morgan fingerprint density at radius 1 is 1.75 bits per heavy atom. The van der Waals surface area contributed by atoms with Gasteiger partial charge in [0, 0.05) is 26.0 Å². The van der Waals surface area contributed by atoms with Crippen molar-refractivity contribution in [2.75, 3.05) is 19.7 Å². The second-order valence-electron chi connectivity index (χ2n) is 2.90. The molecule has 0 bridgehead atoms. The summed E-state index contributed by atoms with van der Waals surface area (Å²) < 4.78 is 5.15. The number of aliphatic hydroxyl groups excluding tert-OH is 1. The maximum atomic E-state index is 10.9. The number of nitrogens with zero attached hydrogens (tertiary/aromatic N) is 1. The number of amides is 1. The molecule has 4 nitrogen and oxygen atoms in total. The Balaban J connectivity index is 2.51. The van der Waals surface area contributed by atoms with Gasteiger partial charge in [0.2, 0.25) is 5.91 Å². The smallest absolute Gasteiger partial charge is 0.219 e. The van der Waals surface area contributed by atoms with Crippen molar-refractivity contribution in [2.45, 2.75) is 19.0 Å². The second-order valence-corrected chi connectivity index (χ2v) is 2.90. The monoisotopic (exact) mass is 169 g/mol. The molecule has 2 atom stereocenters. The quantitative estimate of drug-likeness (QED) is 0.497. The lowest BCUT2D eigenvalue weighted by molar-refractivity contribution is -0.140. The molecule has 1 saturated heterocycles. The summed E-state index contributed by atoms with van der Waals surface area (Å²) in [5, 5.41) is 8.79. The molecule has 1 rings (SSSR count). The van der Waals surface area contributed by atoms with Crippen molar-refractivity contribution in [3.05, 3.63) is 0 Å². The number of morpholine rings is 1. The number of hydrogen-bond acceptors (Lipinski definition) is 3. The van der Waals surface area contributed by atoms with Gasteiger partial charge >= 0.3 is 0 Å². The summed E-state index contributed by atoms with van der Waals surface area (Å²) in [5.41, 5.74) is 0. The molecule has 5 heteroatoms. The molecule has 0 aromatic heterocycles. The van der Waals surface area contributed by atoms with E-state index in [-0.39, 0.29) is 18.6 Å². The molecular weight excluding hydrogens is 157 g/mol. The molecule has 1 aliphatic rings. The summed E-state index contributed by atoms with van der Waals surface area (Å²) in [5.74, 6) is -0.0350. The Hall–Kier alpha value is -0.545. The van der Waals surface area contributed by atoms with E-state index >= 15 is 0 Å². The van der Waals surface area contributed by atoms with Gasteiger partial charge in [0.15, 0.2) is 0 Å². The minimum absolute atomic E-state index is 0.0350. The molecule has 2 unspecified atom stereocenters. The van der Waals surface area contributed by atoms with E-state index in [1.165, 1.54) is 6.92 Å². The fourth-order valence-corrected chi connectivity index (χ4v) is 1.23. The van der Waals surface area contributed by atoms with Crippen molar-refractivity contribution in [2.24, 2.45) is 0 Å². The number of carbonyl (C=O) groups is 1. The van der Waals surface area contributed by atoms with Crippen LogP contribution in [0.4, 0.5) is 0 Å². The number of rotatable bonds is 1. The van der Waals surface area contributed by atoms with E-state index in [0.29, 0.717) is 13.1 Å². The summed E-state index contributed by atoms with van der Waals surface area (Å²) in [6.07, 6.45) is -0.336. The number of hydrogen-bond donors (Lipinski definition) is 1. The Labute approximate surface area is 72.9 Å². The van der Waals surface area contributed by atoms with Crippen LogP contribution < -0.4 is 0 Å². The van der Waals surface area contributed by atoms with Crippen molar-refractivity contribution in [3.63, 3.8) is 0 Å². The van der Waals surface area contributed by atoms with E-state index in [0.717, 1.165) is 0 Å². The molecule has 0 spiro atoms. The fraction of sp³-hybridized carbons (Fsp3) is 0.857. The number of carbonyl (C=O) groups excluding carboxylic acids is 1. The van der Waals surface area contributed by atoms with Crippen LogP contribution in [0.3, 0.4) is 0 Å². The van der Waals surface area contributed by atoms with E-state index in [2.05, 4.69) is 0 Å². The molecule has 0 aromatic rings. The number of ether oxygens (including phenoxy) is 1. The highest BCUT2D eigenvalue weighted by molar-refractivity contribution is 6.11. The third kappa shape index (κ3) is 2.22. The first kappa shape index (κ1) is 9.54. The first-order valence-electron chi connectivity index (χ1n) is 3.91. The normalized spacial score (nSPS) is 30.3. The standard InChI is InChI=1S/C7H12BNO3/c1-5(11)9-2-6(4-10)12-7(8)3-9/h6-7,10H,2-4H2,1H3. The minimum Gasteiger partial charge on any atom is -0.394 e. The summed E-state index contributed by atoms with van der Waals surface area (Å²) in [7, 11) is 5.50. The van der Waals surface area contributed by atoms with E-state index in [9.17, 15) is 4.79 Å². The summed E-state index contributed by atoms with van der Waals surface area (Å²) >= 11 is 0. The van der Waals surface area contributed by atoms with Gasteiger partial charge < -0.3 is 14.7 Å². The Kier molecular flexibility index (Phi) is 3.11. The predicted octanol–water partition coefficient (Wildman–Crippen LogP) is -1.28.